The van der Waals surface area contributed by atoms with Crippen molar-refractivity contribution < 1.29 is 9.50 Å². The van der Waals surface area contributed by atoms with E-state index in [-0.39, 0.29) is 12.4 Å². The smallest absolute Gasteiger partial charge is 0.138 e. The Morgan fingerprint density at radius 2 is 2.15 bits per heavy atom. The average Bonchev–Trinajstić information content (AvgIpc) is 2.43. The number of hydrogen-bond acceptors (Lipinski definition) is 2. The molecule has 2 atom stereocenters. The molecule has 0 saturated carbocycles. The van der Waals surface area contributed by atoms with E-state index in [0.717, 1.165) is 24.6 Å². The Hall–Kier alpha value is -1.37. The molecule has 0 bridgehead atoms. The standard InChI is InChI=1S/C17H22FNO/c1-13-5-6-14(2)19(11-13)12-15-7-8-17(18)16(10-15)4-3-9-20/h7-8,10,13-14,20H,5-6,9,11-12H2,1-2H3. The van der Waals surface area contributed by atoms with E-state index < -0.39 is 0 Å². The maximum absolute atomic E-state index is 13.6. The van der Waals surface area contributed by atoms with Gasteiger partial charge in [-0.25, -0.2) is 4.39 Å². The largest absolute Gasteiger partial charge is 0.384 e. The molecule has 3 heteroatoms. The van der Waals surface area contributed by atoms with Gasteiger partial charge in [0.1, 0.15) is 12.4 Å². The van der Waals surface area contributed by atoms with Gasteiger partial charge in [0, 0.05) is 19.1 Å². The van der Waals surface area contributed by atoms with Crippen molar-refractivity contribution in [3.05, 3.63) is 35.1 Å². The first-order valence-electron chi connectivity index (χ1n) is 7.22. The van der Waals surface area contributed by atoms with Gasteiger partial charge in [-0.15, -0.1) is 0 Å². The average molecular weight is 275 g/mol. The van der Waals surface area contributed by atoms with Crippen molar-refractivity contribution in [2.45, 2.75) is 39.3 Å². The van der Waals surface area contributed by atoms with Crippen molar-refractivity contribution in [1.29, 1.82) is 0 Å². The van der Waals surface area contributed by atoms with Crippen molar-refractivity contribution in [2.24, 2.45) is 5.92 Å². The first-order chi connectivity index (χ1) is 9.60. The van der Waals surface area contributed by atoms with Gasteiger partial charge in [0.25, 0.3) is 0 Å². The topological polar surface area (TPSA) is 23.5 Å². The Kier molecular flexibility index (Phi) is 5.17. The van der Waals surface area contributed by atoms with Crippen LogP contribution in [0.2, 0.25) is 0 Å². The highest BCUT2D eigenvalue weighted by Gasteiger charge is 2.22. The molecule has 1 aliphatic heterocycles. The second kappa shape index (κ2) is 6.88. The van der Waals surface area contributed by atoms with Crippen LogP contribution in [0.1, 0.15) is 37.8 Å². The second-order valence-electron chi connectivity index (χ2n) is 5.74. The number of aliphatic hydroxyl groups excluding tert-OH is 1. The highest BCUT2D eigenvalue weighted by atomic mass is 19.1. The van der Waals surface area contributed by atoms with Crippen molar-refractivity contribution in [2.75, 3.05) is 13.2 Å². The fourth-order valence-electron chi connectivity index (χ4n) is 2.74. The summed E-state index contributed by atoms with van der Waals surface area (Å²) in [5.74, 6) is 5.57. The number of likely N-dealkylation sites (tertiary alicyclic amines) is 1. The third kappa shape index (κ3) is 3.82. The Morgan fingerprint density at radius 1 is 1.35 bits per heavy atom. The van der Waals surface area contributed by atoms with Gasteiger partial charge in [0.15, 0.2) is 0 Å². The summed E-state index contributed by atoms with van der Waals surface area (Å²) in [5, 5.41) is 8.71. The van der Waals surface area contributed by atoms with Gasteiger partial charge in [0.05, 0.1) is 5.56 Å². The third-order valence-corrected chi connectivity index (χ3v) is 3.97. The van der Waals surface area contributed by atoms with E-state index in [1.807, 2.05) is 6.07 Å². The number of aliphatic hydroxyl groups is 1. The highest BCUT2D eigenvalue weighted by molar-refractivity contribution is 5.38. The molecule has 1 saturated heterocycles. The summed E-state index contributed by atoms with van der Waals surface area (Å²) in [5.41, 5.74) is 1.45. The molecule has 1 aliphatic rings. The van der Waals surface area contributed by atoms with Gasteiger partial charge in [-0.2, -0.15) is 0 Å². The van der Waals surface area contributed by atoms with Crippen LogP contribution < -0.4 is 0 Å². The van der Waals surface area contributed by atoms with Crippen LogP contribution in [0.3, 0.4) is 0 Å². The SMILES string of the molecule is CC1CCC(C)N(Cc2ccc(F)c(C#CCO)c2)C1. The maximum atomic E-state index is 13.6. The van der Waals surface area contributed by atoms with E-state index in [9.17, 15) is 4.39 Å². The molecule has 0 radical (unpaired) electrons. The molecular formula is C17H22FNO. The van der Waals surface area contributed by atoms with Crippen LogP contribution in [0.5, 0.6) is 0 Å². The van der Waals surface area contributed by atoms with Gasteiger partial charge in [-0.3, -0.25) is 4.90 Å². The van der Waals surface area contributed by atoms with E-state index >= 15 is 0 Å². The van der Waals surface area contributed by atoms with Crippen LogP contribution >= 0.6 is 0 Å². The lowest BCUT2D eigenvalue weighted by molar-refractivity contribution is 0.117. The Bertz CT molecular complexity index is 517. The quantitative estimate of drug-likeness (QED) is 0.839. The molecule has 0 spiro atoms. The Morgan fingerprint density at radius 3 is 2.90 bits per heavy atom. The molecule has 1 aromatic carbocycles. The number of hydrogen-bond donors (Lipinski definition) is 1. The van der Waals surface area contributed by atoms with Crippen molar-refractivity contribution in [3.8, 4) is 11.8 Å². The summed E-state index contributed by atoms with van der Waals surface area (Å²) in [6, 6.07) is 5.66. The van der Waals surface area contributed by atoms with E-state index in [1.165, 1.54) is 18.9 Å². The summed E-state index contributed by atoms with van der Waals surface area (Å²) in [7, 11) is 0. The van der Waals surface area contributed by atoms with Gasteiger partial charge >= 0.3 is 0 Å². The van der Waals surface area contributed by atoms with E-state index in [4.69, 9.17) is 5.11 Å². The molecule has 2 rings (SSSR count). The zero-order chi connectivity index (χ0) is 14.5. The van der Waals surface area contributed by atoms with Gasteiger partial charge < -0.3 is 5.11 Å². The lowest BCUT2D eigenvalue weighted by atomic mass is 9.94. The first-order valence-corrected chi connectivity index (χ1v) is 7.22. The molecule has 2 nitrogen and oxygen atoms in total. The Balaban J connectivity index is 2.12. The summed E-state index contributed by atoms with van der Waals surface area (Å²) < 4.78 is 13.6. The van der Waals surface area contributed by atoms with Gasteiger partial charge in [-0.1, -0.05) is 24.8 Å². The summed E-state index contributed by atoms with van der Waals surface area (Å²) in [6.07, 6.45) is 2.51. The van der Waals surface area contributed by atoms with Crippen LogP contribution in [0.25, 0.3) is 0 Å². The number of nitrogens with zero attached hydrogens (tertiary/aromatic N) is 1. The van der Waals surface area contributed by atoms with E-state index in [0.29, 0.717) is 11.6 Å². The molecular weight excluding hydrogens is 253 g/mol. The molecule has 0 amide bonds. The summed E-state index contributed by atoms with van der Waals surface area (Å²) >= 11 is 0. The zero-order valence-corrected chi connectivity index (χ0v) is 12.2. The van der Waals surface area contributed by atoms with Crippen LogP contribution in [0, 0.1) is 23.6 Å². The molecule has 1 heterocycles. The fraction of sp³-hybridized carbons (Fsp3) is 0.529. The van der Waals surface area contributed by atoms with Gasteiger partial charge in [-0.05, 0) is 43.4 Å². The number of halogens is 1. The monoisotopic (exact) mass is 275 g/mol. The number of piperidine rings is 1. The maximum Gasteiger partial charge on any atom is 0.138 e. The van der Waals surface area contributed by atoms with Crippen LogP contribution in [-0.2, 0) is 6.54 Å². The number of benzene rings is 1. The molecule has 108 valence electrons. The minimum absolute atomic E-state index is 0.246. The predicted molar refractivity (Wildman–Crippen MR) is 78.6 cm³/mol. The highest BCUT2D eigenvalue weighted by Crippen LogP contribution is 2.23. The van der Waals surface area contributed by atoms with Gasteiger partial charge in [0.2, 0.25) is 0 Å². The molecule has 1 aromatic rings. The molecule has 2 unspecified atom stereocenters. The zero-order valence-electron chi connectivity index (χ0n) is 12.2. The predicted octanol–water partition coefficient (Wildman–Crippen LogP) is 2.79. The molecule has 0 aromatic heterocycles. The lowest BCUT2D eigenvalue weighted by Gasteiger charge is -2.36. The molecule has 1 fully saturated rings. The van der Waals surface area contributed by atoms with Crippen molar-refractivity contribution in [1.82, 2.24) is 4.90 Å². The van der Waals surface area contributed by atoms with Crippen LogP contribution in [-0.4, -0.2) is 29.2 Å². The van der Waals surface area contributed by atoms with Crippen LogP contribution in [0.15, 0.2) is 18.2 Å². The van der Waals surface area contributed by atoms with Crippen LogP contribution in [0.4, 0.5) is 4.39 Å². The lowest BCUT2D eigenvalue weighted by Crippen LogP contribution is -2.40. The molecule has 0 aliphatic carbocycles. The van der Waals surface area contributed by atoms with E-state index in [2.05, 4.69) is 30.6 Å². The Labute approximate surface area is 120 Å². The number of rotatable bonds is 2. The molecule has 20 heavy (non-hydrogen) atoms. The summed E-state index contributed by atoms with van der Waals surface area (Å²) in [6.45, 7) is 6.21. The summed E-state index contributed by atoms with van der Waals surface area (Å²) in [4.78, 5) is 2.45. The minimum Gasteiger partial charge on any atom is -0.384 e. The third-order valence-electron chi connectivity index (χ3n) is 3.97. The fourth-order valence-corrected chi connectivity index (χ4v) is 2.74. The van der Waals surface area contributed by atoms with E-state index in [1.54, 1.807) is 6.07 Å². The first kappa shape index (κ1) is 15.0. The minimum atomic E-state index is -0.324. The second-order valence-corrected chi connectivity index (χ2v) is 5.74. The van der Waals surface area contributed by atoms with Crippen molar-refractivity contribution >= 4 is 0 Å². The molecule has 1 N–H and O–H groups in total. The van der Waals surface area contributed by atoms with Crippen molar-refractivity contribution in [3.63, 3.8) is 0 Å². The normalized spacial score (nSPS) is 23.2.